The van der Waals surface area contributed by atoms with E-state index in [1.54, 1.807) is 13.2 Å². The smallest absolute Gasteiger partial charge is 0.267 e. The lowest BCUT2D eigenvalue weighted by Gasteiger charge is -2.32. The lowest BCUT2D eigenvalue weighted by Crippen LogP contribution is -2.36. The molecule has 1 aliphatic rings. The van der Waals surface area contributed by atoms with Crippen LogP contribution in [-0.2, 0) is 17.1 Å². The van der Waals surface area contributed by atoms with Crippen LogP contribution in [0.2, 0.25) is 5.02 Å². The maximum atomic E-state index is 15.8. The molecule has 0 atom stereocenters. The summed E-state index contributed by atoms with van der Waals surface area (Å²) >= 11 is 5.94. The van der Waals surface area contributed by atoms with Crippen LogP contribution in [0.3, 0.4) is 0 Å². The van der Waals surface area contributed by atoms with Gasteiger partial charge in [0.1, 0.15) is 5.65 Å². The van der Waals surface area contributed by atoms with Gasteiger partial charge in [0.15, 0.2) is 10.7 Å². The van der Waals surface area contributed by atoms with E-state index in [2.05, 4.69) is 44.0 Å². The molecule has 14 heteroatoms. The highest BCUT2D eigenvalue weighted by atomic mass is 35.5. The molecule has 2 N–H and O–H groups in total. The fourth-order valence-corrected chi connectivity index (χ4v) is 6.63. The van der Waals surface area contributed by atoms with Gasteiger partial charge in [0.2, 0.25) is 11.8 Å². The first-order chi connectivity index (χ1) is 20.0. The predicted molar refractivity (Wildman–Crippen MR) is 160 cm³/mol. The molecule has 1 saturated carbocycles. The average Bonchev–Trinajstić information content (AvgIpc) is 2.96. The minimum Gasteiger partial charge on any atom is -0.480 e. The van der Waals surface area contributed by atoms with Gasteiger partial charge in [-0.1, -0.05) is 23.7 Å². The molecule has 0 bridgehead atoms. The predicted octanol–water partition coefficient (Wildman–Crippen LogP) is 4.28. The molecule has 42 heavy (non-hydrogen) atoms. The Hall–Kier alpha value is -3.81. The number of hydrogen-bond donors (Lipinski definition) is 2. The van der Waals surface area contributed by atoms with Crippen LogP contribution >= 0.6 is 11.6 Å². The minimum atomic E-state index is -4.35. The zero-order chi connectivity index (χ0) is 30.2. The molecule has 3 heterocycles. The van der Waals surface area contributed by atoms with Crippen LogP contribution in [-0.4, -0.2) is 66.1 Å². The summed E-state index contributed by atoms with van der Waals surface area (Å²) in [6, 6.07) is 7.54. The third-order valence-corrected chi connectivity index (χ3v) is 9.08. The molecule has 1 fully saturated rings. The van der Waals surface area contributed by atoms with Gasteiger partial charge in [-0.25, -0.2) is 22.8 Å². The van der Waals surface area contributed by atoms with E-state index in [-0.39, 0.29) is 38.7 Å². The summed E-state index contributed by atoms with van der Waals surface area (Å²) in [4.78, 5) is 28.2. The second-order valence-corrected chi connectivity index (χ2v) is 12.5. The second kappa shape index (κ2) is 11.8. The number of halogens is 2. The van der Waals surface area contributed by atoms with Gasteiger partial charge in [0.05, 0.1) is 23.4 Å². The molecule has 5 rings (SSSR count). The SMILES string of the molecule is COc1ncc(Cl)cc1S(=O)(=O)Nc1cccc(-c2cc3cnc(NC4CCC(N(C)C)CC4)nc3n(C)c2=O)c1F. The summed E-state index contributed by atoms with van der Waals surface area (Å²) < 4.78 is 50.6. The monoisotopic (exact) mass is 615 g/mol. The number of fused-ring (bicyclic) bond motifs is 1. The molecule has 0 amide bonds. The normalized spacial score (nSPS) is 17.4. The Kier molecular flexibility index (Phi) is 8.35. The van der Waals surface area contributed by atoms with Crippen molar-refractivity contribution >= 4 is 44.3 Å². The van der Waals surface area contributed by atoms with Crippen molar-refractivity contribution < 1.29 is 17.5 Å². The first kappa shape index (κ1) is 29.7. The third kappa shape index (κ3) is 5.90. The summed E-state index contributed by atoms with van der Waals surface area (Å²) in [6.45, 7) is 0. The van der Waals surface area contributed by atoms with E-state index in [0.717, 1.165) is 31.7 Å². The van der Waals surface area contributed by atoms with Crippen LogP contribution in [0.4, 0.5) is 16.0 Å². The largest absolute Gasteiger partial charge is 0.480 e. The topological polar surface area (TPSA) is 131 Å². The molecule has 1 aliphatic carbocycles. The van der Waals surface area contributed by atoms with Crippen LogP contribution in [0.5, 0.6) is 5.88 Å². The molecule has 0 unspecified atom stereocenters. The molecule has 11 nitrogen and oxygen atoms in total. The maximum absolute atomic E-state index is 15.8. The van der Waals surface area contributed by atoms with E-state index in [1.807, 2.05) is 0 Å². The lowest BCUT2D eigenvalue weighted by molar-refractivity contribution is 0.221. The number of aryl methyl sites for hydroxylation is 1. The molecule has 4 aromatic rings. The number of pyridine rings is 2. The molecular formula is C28H31ClFN7O4S. The first-order valence-electron chi connectivity index (χ1n) is 13.3. The van der Waals surface area contributed by atoms with Crippen molar-refractivity contribution in [2.24, 2.45) is 7.05 Å². The third-order valence-electron chi connectivity index (χ3n) is 7.51. The summed E-state index contributed by atoms with van der Waals surface area (Å²) in [6.07, 6.45) is 6.94. The van der Waals surface area contributed by atoms with Crippen LogP contribution in [0.25, 0.3) is 22.2 Å². The van der Waals surface area contributed by atoms with E-state index >= 15 is 4.39 Å². The van der Waals surface area contributed by atoms with Gasteiger partial charge in [0.25, 0.3) is 15.6 Å². The zero-order valence-electron chi connectivity index (χ0n) is 23.6. The van der Waals surface area contributed by atoms with Gasteiger partial charge in [0, 0.05) is 42.5 Å². The Balaban J connectivity index is 1.45. The number of hydrogen-bond acceptors (Lipinski definition) is 9. The van der Waals surface area contributed by atoms with E-state index in [1.165, 1.54) is 42.1 Å². The molecule has 0 radical (unpaired) electrons. The summed E-state index contributed by atoms with van der Waals surface area (Å²) in [5, 5.41) is 3.97. The van der Waals surface area contributed by atoms with Gasteiger partial charge in [-0.15, -0.1) is 0 Å². The Bertz CT molecular complexity index is 1810. The molecule has 0 spiro atoms. The van der Waals surface area contributed by atoms with Crippen molar-refractivity contribution in [1.29, 1.82) is 0 Å². The lowest BCUT2D eigenvalue weighted by atomic mass is 9.91. The zero-order valence-corrected chi connectivity index (χ0v) is 25.1. The number of nitrogens with one attached hydrogen (secondary N) is 2. The van der Waals surface area contributed by atoms with E-state index in [9.17, 15) is 13.2 Å². The number of benzene rings is 1. The number of nitrogens with zero attached hydrogens (tertiary/aromatic N) is 5. The molecular weight excluding hydrogens is 585 g/mol. The van der Waals surface area contributed by atoms with Gasteiger partial charge in [-0.05, 0) is 58.0 Å². The number of sulfonamides is 1. The van der Waals surface area contributed by atoms with E-state index in [0.29, 0.717) is 23.0 Å². The quantitative estimate of drug-likeness (QED) is 0.298. The van der Waals surface area contributed by atoms with Crippen molar-refractivity contribution in [2.75, 3.05) is 31.2 Å². The summed E-state index contributed by atoms with van der Waals surface area (Å²) in [7, 11) is 2.64. The van der Waals surface area contributed by atoms with Crippen LogP contribution in [0.1, 0.15) is 25.7 Å². The fraction of sp³-hybridized carbons (Fsp3) is 0.357. The fourth-order valence-electron chi connectivity index (χ4n) is 5.20. The average molecular weight is 616 g/mol. The van der Waals surface area contributed by atoms with E-state index < -0.39 is 21.4 Å². The highest BCUT2D eigenvalue weighted by Gasteiger charge is 2.25. The summed E-state index contributed by atoms with van der Waals surface area (Å²) in [5.74, 6) is -0.715. The Morgan fingerprint density at radius 2 is 1.83 bits per heavy atom. The molecule has 3 aromatic heterocycles. The Morgan fingerprint density at radius 1 is 1.10 bits per heavy atom. The highest BCUT2D eigenvalue weighted by molar-refractivity contribution is 7.92. The van der Waals surface area contributed by atoms with E-state index in [4.69, 9.17) is 16.3 Å². The minimum absolute atomic E-state index is 0.0249. The number of aromatic nitrogens is 4. The number of rotatable bonds is 8. The highest BCUT2D eigenvalue weighted by Crippen LogP contribution is 2.31. The van der Waals surface area contributed by atoms with Crippen LogP contribution < -0.4 is 20.3 Å². The van der Waals surface area contributed by atoms with Crippen molar-refractivity contribution in [3.8, 4) is 17.0 Å². The second-order valence-electron chi connectivity index (χ2n) is 10.4. The number of anilines is 2. The number of methoxy groups -OCH3 is 1. The van der Waals surface area contributed by atoms with Crippen LogP contribution in [0.15, 0.2) is 52.4 Å². The van der Waals surface area contributed by atoms with Crippen molar-refractivity contribution in [3.05, 3.63) is 63.9 Å². The molecule has 222 valence electrons. The maximum Gasteiger partial charge on any atom is 0.267 e. The van der Waals surface area contributed by atoms with Crippen molar-refractivity contribution in [3.63, 3.8) is 0 Å². The molecule has 1 aromatic carbocycles. The van der Waals surface area contributed by atoms with Gasteiger partial charge < -0.3 is 15.0 Å². The first-order valence-corrected chi connectivity index (χ1v) is 15.2. The van der Waals surface area contributed by atoms with Gasteiger partial charge in [-0.2, -0.15) is 4.98 Å². The van der Waals surface area contributed by atoms with Gasteiger partial charge in [-0.3, -0.25) is 14.1 Å². The Labute approximate surface area is 247 Å². The standard InChI is InChI=1S/C28H31ClFN7O4S/c1-36(2)19-10-8-18(9-11-19)33-28-32-14-16-12-21(27(38)37(3)25(16)34-28)20-6-5-7-22(24(20)30)35-42(39,40)23-13-17(29)15-31-26(23)41-4/h5-7,12-15,18-19,35H,8-11H2,1-4H3,(H,32,33,34). The van der Waals surface area contributed by atoms with Crippen molar-refractivity contribution in [2.45, 2.75) is 42.7 Å². The Morgan fingerprint density at radius 3 is 2.52 bits per heavy atom. The number of ether oxygens (including phenoxy) is 1. The van der Waals surface area contributed by atoms with Crippen molar-refractivity contribution in [1.82, 2.24) is 24.4 Å². The molecule has 0 aliphatic heterocycles. The van der Waals surface area contributed by atoms with Crippen LogP contribution in [0, 0.1) is 5.82 Å². The molecule has 0 saturated heterocycles. The summed E-state index contributed by atoms with van der Waals surface area (Å²) in [5.41, 5.74) is -0.540. The van der Waals surface area contributed by atoms with Gasteiger partial charge >= 0.3 is 0 Å².